The molecule has 37 heavy (non-hydrogen) atoms. The fourth-order valence-corrected chi connectivity index (χ4v) is 5.38. The van der Waals surface area contributed by atoms with Crippen molar-refractivity contribution in [3.05, 3.63) is 95.5 Å². The van der Waals surface area contributed by atoms with Crippen molar-refractivity contribution >= 4 is 39.1 Å². The van der Waals surface area contributed by atoms with Gasteiger partial charge in [0.05, 0.1) is 10.6 Å². The Labute approximate surface area is 224 Å². The van der Waals surface area contributed by atoms with E-state index in [1.165, 1.54) is 17.0 Å². The van der Waals surface area contributed by atoms with Gasteiger partial charge in [0, 0.05) is 17.1 Å². The summed E-state index contributed by atoms with van der Waals surface area (Å²) in [5.74, 6) is -0.875. The Kier molecular flexibility index (Phi) is 8.99. The minimum Gasteiger partial charge on any atom is -0.350 e. The summed E-state index contributed by atoms with van der Waals surface area (Å²) in [5, 5.41) is 3.40. The van der Waals surface area contributed by atoms with Gasteiger partial charge in [-0.05, 0) is 69.7 Å². The fourth-order valence-electron chi connectivity index (χ4n) is 3.73. The van der Waals surface area contributed by atoms with Crippen LogP contribution in [-0.2, 0) is 26.2 Å². The van der Waals surface area contributed by atoms with E-state index in [-0.39, 0.29) is 17.3 Å². The summed E-state index contributed by atoms with van der Waals surface area (Å²) in [4.78, 5) is 28.3. The second-order valence-corrected chi connectivity index (χ2v) is 12.0. The zero-order chi connectivity index (χ0) is 27.2. The SMILES string of the molecule is C[C@@H](C(=O)NC(C)(C)C)N(Cc1cccc(Cl)c1)C(=O)CN(c1ccccc1)S(=O)(=O)c1ccccc1. The highest BCUT2D eigenvalue weighted by atomic mass is 35.5. The van der Waals surface area contributed by atoms with Crippen LogP contribution < -0.4 is 9.62 Å². The zero-order valence-corrected chi connectivity index (χ0v) is 23.0. The first-order valence-electron chi connectivity index (χ1n) is 11.9. The number of sulfonamides is 1. The number of nitrogens with zero attached hydrogens (tertiary/aromatic N) is 2. The number of para-hydroxylation sites is 1. The summed E-state index contributed by atoms with van der Waals surface area (Å²) in [7, 11) is -4.07. The smallest absolute Gasteiger partial charge is 0.264 e. The lowest BCUT2D eigenvalue weighted by Crippen LogP contribution is -2.54. The van der Waals surface area contributed by atoms with Crippen LogP contribution in [-0.4, -0.2) is 43.3 Å². The molecule has 1 N–H and O–H groups in total. The molecule has 0 saturated carbocycles. The monoisotopic (exact) mass is 541 g/mol. The number of hydrogen-bond acceptors (Lipinski definition) is 4. The van der Waals surface area contributed by atoms with E-state index in [4.69, 9.17) is 11.6 Å². The van der Waals surface area contributed by atoms with Crippen LogP contribution in [0.25, 0.3) is 0 Å². The highest BCUT2D eigenvalue weighted by molar-refractivity contribution is 7.92. The molecule has 196 valence electrons. The van der Waals surface area contributed by atoms with E-state index in [1.54, 1.807) is 79.7 Å². The molecule has 0 unspecified atom stereocenters. The van der Waals surface area contributed by atoms with Crippen molar-refractivity contribution in [3.8, 4) is 0 Å². The first-order chi connectivity index (χ1) is 17.4. The number of carbonyl (C=O) groups excluding carboxylic acids is 2. The predicted molar refractivity (Wildman–Crippen MR) is 147 cm³/mol. The maximum atomic E-state index is 13.8. The number of anilines is 1. The molecule has 0 aliphatic carbocycles. The maximum absolute atomic E-state index is 13.8. The van der Waals surface area contributed by atoms with E-state index in [2.05, 4.69) is 5.32 Å². The lowest BCUT2D eigenvalue weighted by Gasteiger charge is -2.33. The molecule has 0 bridgehead atoms. The predicted octanol–water partition coefficient (Wildman–Crippen LogP) is 4.87. The summed E-state index contributed by atoms with van der Waals surface area (Å²) in [5.41, 5.74) is 0.547. The number of carbonyl (C=O) groups is 2. The molecule has 0 aliphatic heterocycles. The van der Waals surface area contributed by atoms with Crippen molar-refractivity contribution in [1.29, 1.82) is 0 Å². The molecule has 7 nitrogen and oxygen atoms in total. The summed E-state index contributed by atoms with van der Waals surface area (Å²) in [6, 6.07) is 22.5. The highest BCUT2D eigenvalue weighted by Gasteiger charge is 2.33. The van der Waals surface area contributed by atoms with Crippen LogP contribution in [0.2, 0.25) is 5.02 Å². The Bertz CT molecular complexity index is 1330. The first-order valence-corrected chi connectivity index (χ1v) is 13.7. The van der Waals surface area contributed by atoms with Crippen LogP contribution in [0, 0.1) is 0 Å². The van der Waals surface area contributed by atoms with Gasteiger partial charge in [0.2, 0.25) is 11.8 Å². The summed E-state index contributed by atoms with van der Waals surface area (Å²) >= 11 is 6.16. The first kappa shape index (κ1) is 28.2. The Balaban J connectivity index is 2.00. The molecule has 0 spiro atoms. The van der Waals surface area contributed by atoms with E-state index in [1.807, 2.05) is 20.8 Å². The van der Waals surface area contributed by atoms with Crippen molar-refractivity contribution in [3.63, 3.8) is 0 Å². The minimum absolute atomic E-state index is 0.0616. The average Bonchev–Trinajstić information content (AvgIpc) is 2.85. The molecule has 0 heterocycles. The number of halogens is 1. The standard InChI is InChI=1S/C28H32ClN3O4S/c1-21(27(34)30-28(2,3)4)31(19-22-12-11-13-23(29)18-22)26(33)20-32(24-14-7-5-8-15-24)37(35,36)25-16-9-6-10-17-25/h5-18,21H,19-20H2,1-4H3,(H,30,34)/t21-/m0/s1. The summed E-state index contributed by atoms with van der Waals surface area (Å²) in [6.07, 6.45) is 0. The molecular weight excluding hydrogens is 510 g/mol. The van der Waals surface area contributed by atoms with Crippen molar-refractivity contribution < 1.29 is 18.0 Å². The molecule has 3 aromatic rings. The molecule has 0 saturated heterocycles. The number of hydrogen-bond donors (Lipinski definition) is 1. The van der Waals surface area contributed by atoms with Crippen molar-refractivity contribution in [2.24, 2.45) is 0 Å². The van der Waals surface area contributed by atoms with Crippen molar-refractivity contribution in [2.75, 3.05) is 10.8 Å². The third-order valence-corrected chi connectivity index (χ3v) is 7.58. The third kappa shape index (κ3) is 7.57. The summed E-state index contributed by atoms with van der Waals surface area (Å²) in [6.45, 7) is 6.77. The molecule has 0 aromatic heterocycles. The Morgan fingerprint density at radius 2 is 1.51 bits per heavy atom. The van der Waals surface area contributed by atoms with E-state index in [0.29, 0.717) is 16.3 Å². The lowest BCUT2D eigenvalue weighted by molar-refractivity contribution is -0.140. The average molecular weight is 542 g/mol. The molecule has 0 radical (unpaired) electrons. The van der Waals surface area contributed by atoms with Gasteiger partial charge in [-0.2, -0.15) is 0 Å². The topological polar surface area (TPSA) is 86.8 Å². The zero-order valence-electron chi connectivity index (χ0n) is 21.4. The number of nitrogens with one attached hydrogen (secondary N) is 1. The van der Waals surface area contributed by atoms with Gasteiger partial charge in [0.15, 0.2) is 0 Å². The van der Waals surface area contributed by atoms with Crippen LogP contribution in [0.5, 0.6) is 0 Å². The quantitative estimate of drug-likeness (QED) is 0.419. The normalized spacial score (nSPS) is 12.5. The molecule has 0 fully saturated rings. The molecule has 0 aliphatic rings. The third-order valence-electron chi connectivity index (χ3n) is 5.56. The molecule has 1 atom stereocenters. The van der Waals surface area contributed by atoms with Crippen LogP contribution >= 0.6 is 11.6 Å². The van der Waals surface area contributed by atoms with Gasteiger partial charge in [0.25, 0.3) is 10.0 Å². The van der Waals surface area contributed by atoms with Gasteiger partial charge in [-0.3, -0.25) is 13.9 Å². The van der Waals surface area contributed by atoms with Gasteiger partial charge in [-0.15, -0.1) is 0 Å². The maximum Gasteiger partial charge on any atom is 0.264 e. The van der Waals surface area contributed by atoms with Gasteiger partial charge >= 0.3 is 0 Å². The highest BCUT2D eigenvalue weighted by Crippen LogP contribution is 2.24. The molecule has 2 amide bonds. The number of amides is 2. The molecular formula is C28H32ClN3O4S. The Morgan fingerprint density at radius 1 is 0.919 bits per heavy atom. The Hall–Kier alpha value is -3.36. The van der Waals surface area contributed by atoms with Crippen LogP contribution in [0.3, 0.4) is 0 Å². The van der Waals surface area contributed by atoms with Gasteiger partial charge in [-0.1, -0.05) is 60.1 Å². The second-order valence-electron chi connectivity index (χ2n) is 9.73. The Morgan fingerprint density at radius 3 is 2.08 bits per heavy atom. The minimum atomic E-state index is -4.07. The van der Waals surface area contributed by atoms with Crippen LogP contribution in [0.15, 0.2) is 89.8 Å². The van der Waals surface area contributed by atoms with Crippen LogP contribution in [0.1, 0.15) is 33.3 Å². The molecule has 3 rings (SSSR count). The van der Waals surface area contributed by atoms with Crippen molar-refractivity contribution in [2.45, 2.75) is 50.7 Å². The van der Waals surface area contributed by atoms with E-state index in [0.717, 1.165) is 4.31 Å². The van der Waals surface area contributed by atoms with E-state index in [9.17, 15) is 18.0 Å². The fraction of sp³-hybridized carbons (Fsp3) is 0.286. The molecule has 3 aromatic carbocycles. The van der Waals surface area contributed by atoms with Gasteiger partial charge in [-0.25, -0.2) is 8.42 Å². The lowest BCUT2D eigenvalue weighted by atomic mass is 10.1. The van der Waals surface area contributed by atoms with E-state index < -0.39 is 34.1 Å². The number of rotatable bonds is 9. The molecule has 9 heteroatoms. The van der Waals surface area contributed by atoms with E-state index >= 15 is 0 Å². The van der Waals surface area contributed by atoms with Crippen LogP contribution in [0.4, 0.5) is 5.69 Å². The van der Waals surface area contributed by atoms with Gasteiger partial charge < -0.3 is 10.2 Å². The summed E-state index contributed by atoms with van der Waals surface area (Å²) < 4.78 is 28.4. The van der Waals surface area contributed by atoms with Gasteiger partial charge in [0.1, 0.15) is 12.6 Å². The number of benzene rings is 3. The largest absolute Gasteiger partial charge is 0.350 e. The van der Waals surface area contributed by atoms with Crippen molar-refractivity contribution in [1.82, 2.24) is 10.2 Å². The second kappa shape index (κ2) is 11.8.